The van der Waals surface area contributed by atoms with Crippen molar-refractivity contribution in [2.24, 2.45) is 0 Å². The van der Waals surface area contributed by atoms with Gasteiger partial charge in [0.25, 0.3) is 0 Å². The van der Waals surface area contributed by atoms with E-state index in [0.717, 1.165) is 13.0 Å². The van der Waals surface area contributed by atoms with E-state index in [0.29, 0.717) is 6.61 Å². The fourth-order valence-corrected chi connectivity index (χ4v) is 0.866. The van der Waals surface area contributed by atoms with Crippen molar-refractivity contribution in [3.8, 4) is 0 Å². The molecule has 74 valence electrons. The molecule has 3 nitrogen and oxygen atoms in total. The SMILES string of the molecule is CCCCCOCC(OC)OC. The molecular formula is C9H20O3. The Hall–Kier alpha value is -0.120. The van der Waals surface area contributed by atoms with Crippen molar-refractivity contribution in [1.29, 1.82) is 0 Å². The first-order valence-electron chi connectivity index (χ1n) is 4.48. The maximum atomic E-state index is 5.33. The molecule has 0 atom stereocenters. The maximum absolute atomic E-state index is 5.33. The maximum Gasteiger partial charge on any atom is 0.180 e. The van der Waals surface area contributed by atoms with E-state index in [1.165, 1.54) is 12.8 Å². The quantitative estimate of drug-likeness (QED) is 0.417. The van der Waals surface area contributed by atoms with Crippen LogP contribution < -0.4 is 0 Å². The van der Waals surface area contributed by atoms with Crippen LogP contribution in [0.4, 0.5) is 0 Å². The third kappa shape index (κ3) is 6.58. The summed E-state index contributed by atoms with van der Waals surface area (Å²) in [6.45, 7) is 3.50. The standard InChI is InChI=1S/C9H20O3/c1-4-5-6-7-12-8-9(10-2)11-3/h9H,4-8H2,1-3H3. The Labute approximate surface area is 75.0 Å². The molecule has 0 N–H and O–H groups in total. The summed E-state index contributed by atoms with van der Waals surface area (Å²) in [7, 11) is 3.23. The Morgan fingerprint density at radius 2 is 1.75 bits per heavy atom. The number of hydrogen-bond acceptors (Lipinski definition) is 3. The smallest absolute Gasteiger partial charge is 0.180 e. The van der Waals surface area contributed by atoms with Gasteiger partial charge in [0.2, 0.25) is 0 Å². The summed E-state index contributed by atoms with van der Waals surface area (Å²) in [4.78, 5) is 0. The van der Waals surface area contributed by atoms with Crippen LogP contribution in [0.2, 0.25) is 0 Å². The molecular weight excluding hydrogens is 156 g/mol. The van der Waals surface area contributed by atoms with Crippen LogP contribution in [0.5, 0.6) is 0 Å². The van der Waals surface area contributed by atoms with Gasteiger partial charge in [-0.1, -0.05) is 19.8 Å². The summed E-state index contributed by atoms with van der Waals surface area (Å²) in [5, 5.41) is 0. The summed E-state index contributed by atoms with van der Waals surface area (Å²) in [6, 6.07) is 0. The van der Waals surface area contributed by atoms with Gasteiger partial charge in [-0.2, -0.15) is 0 Å². The minimum absolute atomic E-state index is 0.216. The van der Waals surface area contributed by atoms with Crippen LogP contribution in [-0.4, -0.2) is 33.7 Å². The first-order chi connectivity index (χ1) is 5.85. The highest BCUT2D eigenvalue weighted by molar-refractivity contribution is 4.40. The van der Waals surface area contributed by atoms with Crippen molar-refractivity contribution in [3.05, 3.63) is 0 Å². The zero-order valence-corrected chi connectivity index (χ0v) is 8.34. The number of unbranched alkanes of at least 4 members (excludes halogenated alkanes) is 2. The van der Waals surface area contributed by atoms with Crippen molar-refractivity contribution >= 4 is 0 Å². The number of ether oxygens (including phenoxy) is 3. The van der Waals surface area contributed by atoms with E-state index in [2.05, 4.69) is 6.92 Å². The fraction of sp³-hybridized carbons (Fsp3) is 1.00. The Kier molecular flexibility index (Phi) is 8.88. The van der Waals surface area contributed by atoms with Gasteiger partial charge in [-0.25, -0.2) is 0 Å². The topological polar surface area (TPSA) is 27.7 Å². The summed E-state index contributed by atoms with van der Waals surface area (Å²) < 4.78 is 15.2. The summed E-state index contributed by atoms with van der Waals surface area (Å²) in [5.41, 5.74) is 0. The van der Waals surface area contributed by atoms with Crippen molar-refractivity contribution in [3.63, 3.8) is 0 Å². The van der Waals surface area contributed by atoms with Crippen LogP contribution in [0.15, 0.2) is 0 Å². The molecule has 0 spiro atoms. The summed E-state index contributed by atoms with van der Waals surface area (Å²) in [5.74, 6) is 0. The van der Waals surface area contributed by atoms with Crippen LogP contribution in [-0.2, 0) is 14.2 Å². The molecule has 0 saturated heterocycles. The Morgan fingerprint density at radius 1 is 1.08 bits per heavy atom. The average molecular weight is 176 g/mol. The molecule has 0 radical (unpaired) electrons. The number of rotatable bonds is 8. The van der Waals surface area contributed by atoms with Gasteiger partial charge < -0.3 is 14.2 Å². The normalized spacial score (nSPS) is 11.0. The third-order valence-corrected chi connectivity index (χ3v) is 1.67. The van der Waals surface area contributed by atoms with Crippen LogP contribution in [0.3, 0.4) is 0 Å². The molecule has 0 aliphatic rings. The van der Waals surface area contributed by atoms with Crippen molar-refractivity contribution in [1.82, 2.24) is 0 Å². The molecule has 0 aromatic carbocycles. The van der Waals surface area contributed by atoms with E-state index in [4.69, 9.17) is 14.2 Å². The van der Waals surface area contributed by atoms with Crippen LogP contribution in [0.1, 0.15) is 26.2 Å². The Balaban J connectivity index is 3.06. The summed E-state index contributed by atoms with van der Waals surface area (Å²) >= 11 is 0. The first kappa shape index (κ1) is 11.9. The van der Waals surface area contributed by atoms with Gasteiger partial charge in [0.1, 0.15) is 0 Å². The second-order valence-electron chi connectivity index (χ2n) is 2.68. The van der Waals surface area contributed by atoms with Gasteiger partial charge in [0, 0.05) is 20.8 Å². The largest absolute Gasteiger partial charge is 0.376 e. The Bertz CT molecular complexity index is 81.8. The van der Waals surface area contributed by atoms with Crippen molar-refractivity contribution in [2.75, 3.05) is 27.4 Å². The molecule has 0 aromatic rings. The zero-order chi connectivity index (χ0) is 9.23. The van der Waals surface area contributed by atoms with Crippen LogP contribution >= 0.6 is 0 Å². The van der Waals surface area contributed by atoms with Crippen LogP contribution in [0, 0.1) is 0 Å². The molecule has 0 bridgehead atoms. The molecule has 0 fully saturated rings. The molecule has 3 heteroatoms. The second kappa shape index (κ2) is 8.97. The highest BCUT2D eigenvalue weighted by atomic mass is 16.7. The van der Waals surface area contributed by atoms with Crippen molar-refractivity contribution < 1.29 is 14.2 Å². The average Bonchev–Trinajstić information content (AvgIpc) is 2.11. The number of methoxy groups -OCH3 is 2. The predicted octanol–water partition coefficient (Wildman–Crippen LogP) is 1.81. The third-order valence-electron chi connectivity index (χ3n) is 1.67. The van der Waals surface area contributed by atoms with E-state index < -0.39 is 0 Å². The summed E-state index contributed by atoms with van der Waals surface area (Å²) in [6.07, 6.45) is 3.36. The predicted molar refractivity (Wildman–Crippen MR) is 48.2 cm³/mol. The lowest BCUT2D eigenvalue weighted by Gasteiger charge is -2.12. The van der Waals surface area contributed by atoms with Crippen molar-refractivity contribution in [2.45, 2.75) is 32.5 Å². The van der Waals surface area contributed by atoms with Gasteiger partial charge >= 0.3 is 0 Å². The van der Waals surface area contributed by atoms with E-state index in [1.807, 2.05) is 0 Å². The van der Waals surface area contributed by atoms with E-state index in [-0.39, 0.29) is 6.29 Å². The molecule has 0 heterocycles. The minimum atomic E-state index is -0.216. The monoisotopic (exact) mass is 176 g/mol. The molecule has 0 aromatic heterocycles. The molecule has 0 aliphatic carbocycles. The molecule has 12 heavy (non-hydrogen) atoms. The Morgan fingerprint density at radius 3 is 2.25 bits per heavy atom. The van der Waals surface area contributed by atoms with E-state index >= 15 is 0 Å². The lowest BCUT2D eigenvalue weighted by Crippen LogP contribution is -2.20. The van der Waals surface area contributed by atoms with E-state index in [1.54, 1.807) is 14.2 Å². The van der Waals surface area contributed by atoms with Crippen LogP contribution in [0.25, 0.3) is 0 Å². The van der Waals surface area contributed by atoms with Gasteiger partial charge in [-0.05, 0) is 6.42 Å². The molecule has 0 unspecified atom stereocenters. The number of hydrogen-bond donors (Lipinski definition) is 0. The van der Waals surface area contributed by atoms with Gasteiger partial charge in [-0.15, -0.1) is 0 Å². The van der Waals surface area contributed by atoms with Gasteiger partial charge in [0.15, 0.2) is 6.29 Å². The first-order valence-corrected chi connectivity index (χ1v) is 4.48. The van der Waals surface area contributed by atoms with Gasteiger partial charge in [0.05, 0.1) is 6.61 Å². The fourth-order valence-electron chi connectivity index (χ4n) is 0.866. The lowest BCUT2D eigenvalue weighted by molar-refractivity contribution is -0.140. The molecule has 0 amide bonds. The minimum Gasteiger partial charge on any atom is -0.376 e. The highest BCUT2D eigenvalue weighted by Gasteiger charge is 2.03. The van der Waals surface area contributed by atoms with Gasteiger partial charge in [-0.3, -0.25) is 0 Å². The zero-order valence-electron chi connectivity index (χ0n) is 8.34. The molecule has 0 aliphatic heterocycles. The lowest BCUT2D eigenvalue weighted by atomic mass is 10.3. The second-order valence-corrected chi connectivity index (χ2v) is 2.68. The molecule has 0 saturated carbocycles. The highest BCUT2D eigenvalue weighted by Crippen LogP contribution is 1.96. The van der Waals surface area contributed by atoms with E-state index in [9.17, 15) is 0 Å². The molecule has 0 rings (SSSR count).